The maximum absolute atomic E-state index is 5.69. The molecule has 2 aliphatic rings. The van der Waals surface area contributed by atoms with Gasteiger partial charge in [-0.1, -0.05) is 6.42 Å². The van der Waals surface area contributed by atoms with Crippen molar-refractivity contribution in [2.45, 2.75) is 52.1 Å². The van der Waals surface area contributed by atoms with Crippen molar-refractivity contribution in [2.75, 3.05) is 19.7 Å². The SMILES string of the molecule is CC(C)(C)OCCNCC1CC2CCC1C2. The van der Waals surface area contributed by atoms with Crippen molar-refractivity contribution in [3.8, 4) is 0 Å². The number of fused-ring (bicyclic) bond motifs is 2. The lowest BCUT2D eigenvalue weighted by molar-refractivity contribution is -0.00116. The average Bonchev–Trinajstić information content (AvgIpc) is 2.76. The molecular formula is C14H27NO. The maximum Gasteiger partial charge on any atom is 0.0599 e. The molecule has 94 valence electrons. The van der Waals surface area contributed by atoms with E-state index in [1.807, 2.05) is 0 Å². The quantitative estimate of drug-likeness (QED) is 0.726. The molecule has 0 aromatic rings. The summed E-state index contributed by atoms with van der Waals surface area (Å²) in [5, 5.41) is 3.56. The third-order valence-electron chi connectivity index (χ3n) is 4.10. The molecule has 2 fully saturated rings. The molecule has 3 unspecified atom stereocenters. The van der Waals surface area contributed by atoms with Crippen LogP contribution < -0.4 is 5.32 Å². The van der Waals surface area contributed by atoms with Crippen LogP contribution in [0.1, 0.15) is 46.5 Å². The van der Waals surface area contributed by atoms with Gasteiger partial charge in [-0.05, 0) is 64.3 Å². The first-order valence-electron chi connectivity index (χ1n) is 6.89. The fourth-order valence-corrected chi connectivity index (χ4v) is 3.34. The molecule has 2 aliphatic carbocycles. The second kappa shape index (κ2) is 5.05. The smallest absolute Gasteiger partial charge is 0.0599 e. The zero-order valence-corrected chi connectivity index (χ0v) is 11.1. The highest BCUT2D eigenvalue weighted by molar-refractivity contribution is 4.90. The van der Waals surface area contributed by atoms with Crippen LogP contribution in [0.25, 0.3) is 0 Å². The third-order valence-corrected chi connectivity index (χ3v) is 4.10. The molecule has 0 saturated heterocycles. The van der Waals surface area contributed by atoms with Gasteiger partial charge in [0.1, 0.15) is 0 Å². The highest BCUT2D eigenvalue weighted by Crippen LogP contribution is 2.47. The van der Waals surface area contributed by atoms with Crippen LogP contribution in [0.15, 0.2) is 0 Å². The predicted octanol–water partition coefficient (Wildman–Crippen LogP) is 2.83. The van der Waals surface area contributed by atoms with Crippen molar-refractivity contribution in [1.82, 2.24) is 5.32 Å². The molecule has 0 amide bonds. The van der Waals surface area contributed by atoms with Gasteiger partial charge in [-0.2, -0.15) is 0 Å². The molecule has 2 nitrogen and oxygen atoms in total. The van der Waals surface area contributed by atoms with Gasteiger partial charge in [0, 0.05) is 6.54 Å². The van der Waals surface area contributed by atoms with Gasteiger partial charge in [-0.3, -0.25) is 0 Å². The molecule has 0 aromatic heterocycles. The van der Waals surface area contributed by atoms with E-state index >= 15 is 0 Å². The molecule has 16 heavy (non-hydrogen) atoms. The van der Waals surface area contributed by atoms with Crippen LogP contribution in [0.5, 0.6) is 0 Å². The van der Waals surface area contributed by atoms with Crippen LogP contribution in [0.4, 0.5) is 0 Å². The summed E-state index contributed by atoms with van der Waals surface area (Å²) < 4.78 is 5.69. The zero-order chi connectivity index (χ0) is 11.6. The molecule has 2 rings (SSSR count). The molecule has 0 aromatic carbocycles. The second-order valence-electron chi connectivity index (χ2n) is 6.60. The van der Waals surface area contributed by atoms with Crippen molar-refractivity contribution in [2.24, 2.45) is 17.8 Å². The van der Waals surface area contributed by atoms with Crippen molar-refractivity contribution < 1.29 is 4.74 Å². The van der Waals surface area contributed by atoms with E-state index in [2.05, 4.69) is 26.1 Å². The van der Waals surface area contributed by atoms with Crippen LogP contribution in [0.3, 0.4) is 0 Å². The Bertz CT molecular complexity index is 221. The Kier molecular flexibility index (Phi) is 3.91. The summed E-state index contributed by atoms with van der Waals surface area (Å²) >= 11 is 0. The first-order chi connectivity index (χ1) is 7.54. The van der Waals surface area contributed by atoms with E-state index in [-0.39, 0.29) is 5.60 Å². The molecule has 2 heteroatoms. The van der Waals surface area contributed by atoms with Gasteiger partial charge in [0.05, 0.1) is 12.2 Å². The topological polar surface area (TPSA) is 21.3 Å². The Balaban J connectivity index is 1.52. The third kappa shape index (κ3) is 3.46. The summed E-state index contributed by atoms with van der Waals surface area (Å²) in [5.74, 6) is 3.08. The normalized spacial score (nSPS) is 33.6. The number of nitrogens with one attached hydrogen (secondary N) is 1. The van der Waals surface area contributed by atoms with Gasteiger partial charge in [-0.15, -0.1) is 0 Å². The fraction of sp³-hybridized carbons (Fsp3) is 1.00. The van der Waals surface area contributed by atoms with Crippen molar-refractivity contribution in [3.05, 3.63) is 0 Å². The minimum Gasteiger partial charge on any atom is -0.375 e. The van der Waals surface area contributed by atoms with Crippen LogP contribution in [0, 0.1) is 17.8 Å². The fourth-order valence-electron chi connectivity index (χ4n) is 3.34. The Hall–Kier alpha value is -0.0800. The molecular weight excluding hydrogens is 198 g/mol. The van der Waals surface area contributed by atoms with Gasteiger partial charge in [0.15, 0.2) is 0 Å². The lowest BCUT2D eigenvalue weighted by atomic mass is 9.89. The largest absolute Gasteiger partial charge is 0.375 e. The highest BCUT2D eigenvalue weighted by Gasteiger charge is 2.38. The number of rotatable bonds is 5. The lowest BCUT2D eigenvalue weighted by Gasteiger charge is -2.23. The highest BCUT2D eigenvalue weighted by atomic mass is 16.5. The van der Waals surface area contributed by atoms with Crippen LogP contribution >= 0.6 is 0 Å². The predicted molar refractivity (Wildman–Crippen MR) is 67.5 cm³/mol. The molecule has 1 N–H and O–H groups in total. The molecule has 3 atom stereocenters. The summed E-state index contributed by atoms with van der Waals surface area (Å²) in [5.41, 5.74) is 0.00804. The van der Waals surface area contributed by atoms with E-state index in [0.29, 0.717) is 0 Å². The van der Waals surface area contributed by atoms with E-state index in [1.165, 1.54) is 32.2 Å². The summed E-state index contributed by atoms with van der Waals surface area (Å²) in [6.07, 6.45) is 6.01. The van der Waals surface area contributed by atoms with Gasteiger partial charge >= 0.3 is 0 Å². The van der Waals surface area contributed by atoms with Gasteiger partial charge in [0.25, 0.3) is 0 Å². The molecule has 0 spiro atoms. The number of ether oxygens (including phenoxy) is 1. The Morgan fingerprint density at radius 3 is 2.56 bits per heavy atom. The Morgan fingerprint density at radius 2 is 2.00 bits per heavy atom. The number of hydrogen-bond acceptors (Lipinski definition) is 2. The average molecular weight is 225 g/mol. The van der Waals surface area contributed by atoms with Gasteiger partial charge in [0.2, 0.25) is 0 Å². The molecule has 2 bridgehead atoms. The van der Waals surface area contributed by atoms with E-state index in [4.69, 9.17) is 4.74 Å². The minimum atomic E-state index is 0.00804. The van der Waals surface area contributed by atoms with E-state index in [0.717, 1.165) is 30.9 Å². The van der Waals surface area contributed by atoms with Crippen molar-refractivity contribution >= 4 is 0 Å². The molecule has 0 radical (unpaired) electrons. The van der Waals surface area contributed by atoms with Crippen molar-refractivity contribution in [3.63, 3.8) is 0 Å². The molecule has 0 heterocycles. The van der Waals surface area contributed by atoms with Gasteiger partial charge in [-0.25, -0.2) is 0 Å². The van der Waals surface area contributed by atoms with Crippen LogP contribution in [-0.2, 0) is 4.74 Å². The standard InChI is InChI=1S/C14H27NO/c1-14(2,3)16-7-6-15-10-13-9-11-4-5-12(13)8-11/h11-13,15H,4-10H2,1-3H3. The summed E-state index contributed by atoms with van der Waals surface area (Å²) in [4.78, 5) is 0. The van der Waals surface area contributed by atoms with Crippen molar-refractivity contribution in [1.29, 1.82) is 0 Å². The monoisotopic (exact) mass is 225 g/mol. The molecule has 2 saturated carbocycles. The van der Waals surface area contributed by atoms with Crippen LogP contribution in [-0.4, -0.2) is 25.3 Å². The van der Waals surface area contributed by atoms with E-state index < -0.39 is 0 Å². The van der Waals surface area contributed by atoms with E-state index in [1.54, 1.807) is 0 Å². The maximum atomic E-state index is 5.69. The lowest BCUT2D eigenvalue weighted by Crippen LogP contribution is -2.31. The first kappa shape index (κ1) is 12.4. The Labute approximate surface area is 100 Å². The summed E-state index contributed by atoms with van der Waals surface area (Å²) in [7, 11) is 0. The molecule has 0 aliphatic heterocycles. The van der Waals surface area contributed by atoms with Gasteiger partial charge < -0.3 is 10.1 Å². The summed E-state index contributed by atoms with van der Waals surface area (Å²) in [6, 6.07) is 0. The summed E-state index contributed by atoms with van der Waals surface area (Å²) in [6.45, 7) is 9.40. The van der Waals surface area contributed by atoms with Crippen LogP contribution in [0.2, 0.25) is 0 Å². The first-order valence-corrected chi connectivity index (χ1v) is 6.89. The zero-order valence-electron chi connectivity index (χ0n) is 11.1. The second-order valence-corrected chi connectivity index (χ2v) is 6.60. The minimum absolute atomic E-state index is 0.00804. The Morgan fingerprint density at radius 1 is 1.19 bits per heavy atom. The number of hydrogen-bond donors (Lipinski definition) is 1. The van der Waals surface area contributed by atoms with E-state index in [9.17, 15) is 0 Å².